The minimum atomic E-state index is -0.241. The van der Waals surface area contributed by atoms with E-state index in [1.807, 2.05) is 24.3 Å². The van der Waals surface area contributed by atoms with Gasteiger partial charge in [-0.2, -0.15) is 5.26 Å². The summed E-state index contributed by atoms with van der Waals surface area (Å²) in [5, 5.41) is 14.3. The van der Waals surface area contributed by atoms with E-state index in [-0.39, 0.29) is 35.6 Å². The van der Waals surface area contributed by atoms with Crippen LogP contribution in [-0.2, 0) is 9.59 Å². The molecule has 5 nitrogen and oxygen atoms in total. The van der Waals surface area contributed by atoms with Crippen LogP contribution in [0, 0.1) is 29.1 Å². The molecule has 124 valence electrons. The summed E-state index contributed by atoms with van der Waals surface area (Å²) in [4.78, 5) is 27.7. The number of nitrogens with zero attached hydrogens (tertiary/aromatic N) is 2. The van der Waals surface area contributed by atoms with E-state index in [1.165, 1.54) is 4.90 Å². The normalized spacial score (nSPS) is 30.6. The van der Waals surface area contributed by atoms with Gasteiger partial charge in [-0.25, -0.2) is 4.90 Å². The lowest BCUT2D eigenvalue weighted by atomic mass is 9.67. The molecule has 4 aliphatic rings. The summed E-state index contributed by atoms with van der Waals surface area (Å²) in [7, 11) is 0. The number of carbonyl (C=O) groups excluding carboxylic acids is 2. The highest BCUT2D eigenvalue weighted by molar-refractivity contribution is 6.25. The number of nitrogens with one attached hydrogen (secondary N) is 1. The molecule has 4 unspecified atom stereocenters. The highest BCUT2D eigenvalue weighted by atomic mass is 16.2. The van der Waals surface area contributed by atoms with Crippen LogP contribution in [0.4, 0.5) is 5.69 Å². The van der Waals surface area contributed by atoms with Gasteiger partial charge >= 0.3 is 0 Å². The third-order valence-corrected chi connectivity index (χ3v) is 6.09. The summed E-state index contributed by atoms with van der Waals surface area (Å²) in [5.74, 6) is -0.342. The van der Waals surface area contributed by atoms with Gasteiger partial charge in [0.1, 0.15) is 0 Å². The van der Waals surface area contributed by atoms with E-state index in [2.05, 4.69) is 11.4 Å². The van der Waals surface area contributed by atoms with Gasteiger partial charge in [-0.05, 0) is 37.4 Å². The second kappa shape index (κ2) is 5.14. The summed E-state index contributed by atoms with van der Waals surface area (Å²) in [6.45, 7) is 0.826. The molecule has 4 fully saturated rings. The Kier molecular flexibility index (Phi) is 3.01. The summed E-state index contributed by atoms with van der Waals surface area (Å²) in [5.41, 5.74) is 1.16. The molecule has 0 radical (unpaired) electrons. The van der Waals surface area contributed by atoms with E-state index < -0.39 is 0 Å². The molecule has 5 heteroatoms. The van der Waals surface area contributed by atoms with E-state index in [0.29, 0.717) is 11.3 Å². The van der Waals surface area contributed by atoms with Crippen LogP contribution in [0.1, 0.15) is 18.4 Å². The minimum absolute atomic E-state index is 0.0685. The van der Waals surface area contributed by atoms with E-state index in [0.717, 1.165) is 30.2 Å². The number of anilines is 1. The molecule has 4 atom stereocenters. The fourth-order valence-corrected chi connectivity index (χ4v) is 4.96. The van der Waals surface area contributed by atoms with Crippen molar-refractivity contribution in [3.8, 4) is 6.07 Å². The molecular formula is C20H17N3O2. The number of piperidine rings is 2. The SMILES string of the molecule is N#Cc1ccc(N2C(=O)C3C4CCC(NC4)C3C2=O)c2ccccc12. The molecular weight excluding hydrogens is 314 g/mol. The molecule has 0 aromatic heterocycles. The van der Waals surface area contributed by atoms with E-state index in [9.17, 15) is 14.9 Å². The van der Waals surface area contributed by atoms with Crippen molar-refractivity contribution in [1.82, 2.24) is 5.32 Å². The Balaban J connectivity index is 1.68. The Bertz CT molecular complexity index is 923. The van der Waals surface area contributed by atoms with Gasteiger partial charge in [0, 0.05) is 16.8 Å². The fraction of sp³-hybridized carbons (Fsp3) is 0.350. The molecule has 2 aromatic carbocycles. The quantitative estimate of drug-likeness (QED) is 0.813. The van der Waals surface area contributed by atoms with Crippen molar-refractivity contribution in [2.75, 3.05) is 11.4 Å². The van der Waals surface area contributed by atoms with Gasteiger partial charge in [0.05, 0.1) is 29.2 Å². The molecule has 0 spiro atoms. The van der Waals surface area contributed by atoms with Gasteiger partial charge in [0.15, 0.2) is 0 Å². The molecule has 2 bridgehead atoms. The highest BCUT2D eigenvalue weighted by Crippen LogP contribution is 2.47. The van der Waals surface area contributed by atoms with Crippen LogP contribution in [0.5, 0.6) is 0 Å². The van der Waals surface area contributed by atoms with Crippen LogP contribution in [0.15, 0.2) is 36.4 Å². The van der Waals surface area contributed by atoms with Crippen molar-refractivity contribution in [1.29, 1.82) is 5.26 Å². The van der Waals surface area contributed by atoms with E-state index in [1.54, 1.807) is 12.1 Å². The maximum Gasteiger partial charge on any atom is 0.239 e. The largest absolute Gasteiger partial charge is 0.313 e. The lowest BCUT2D eigenvalue weighted by Gasteiger charge is -2.43. The second-order valence-corrected chi connectivity index (χ2v) is 7.21. The standard InChI is InChI=1S/C20H17N3O2/c21-9-11-6-8-16(14-4-2-1-3-13(11)14)23-19(24)17-12-5-7-15(22-10-12)18(17)20(23)25/h1-4,6,8,12,15,17-18,22H,5,7,10H2. The fourth-order valence-electron chi connectivity index (χ4n) is 4.96. The molecule has 3 saturated heterocycles. The zero-order valence-electron chi connectivity index (χ0n) is 13.6. The Hall–Kier alpha value is -2.71. The molecule has 25 heavy (non-hydrogen) atoms. The zero-order valence-corrected chi connectivity index (χ0v) is 13.6. The first-order valence-electron chi connectivity index (χ1n) is 8.74. The maximum absolute atomic E-state index is 13.2. The molecule has 2 amide bonds. The maximum atomic E-state index is 13.2. The monoisotopic (exact) mass is 331 g/mol. The number of fused-ring (bicyclic) bond motifs is 3. The van der Waals surface area contributed by atoms with Crippen LogP contribution in [0.25, 0.3) is 10.8 Å². The van der Waals surface area contributed by atoms with Crippen molar-refractivity contribution in [2.24, 2.45) is 17.8 Å². The van der Waals surface area contributed by atoms with Gasteiger partial charge in [-0.15, -0.1) is 0 Å². The second-order valence-electron chi connectivity index (χ2n) is 7.21. The number of hydrogen-bond acceptors (Lipinski definition) is 4. The van der Waals surface area contributed by atoms with E-state index >= 15 is 0 Å². The van der Waals surface area contributed by atoms with Crippen LogP contribution in [-0.4, -0.2) is 24.4 Å². The average molecular weight is 331 g/mol. The lowest BCUT2D eigenvalue weighted by Crippen LogP contribution is -2.56. The number of nitriles is 1. The first-order chi connectivity index (χ1) is 12.2. The van der Waals surface area contributed by atoms with Gasteiger partial charge < -0.3 is 5.32 Å². The van der Waals surface area contributed by atoms with Crippen LogP contribution < -0.4 is 10.2 Å². The molecule has 3 heterocycles. The lowest BCUT2D eigenvalue weighted by molar-refractivity contribution is -0.126. The molecule has 3 aliphatic heterocycles. The Morgan fingerprint density at radius 3 is 2.44 bits per heavy atom. The molecule has 1 aliphatic carbocycles. The number of amides is 2. The van der Waals surface area contributed by atoms with Crippen molar-refractivity contribution < 1.29 is 9.59 Å². The van der Waals surface area contributed by atoms with Gasteiger partial charge in [0.25, 0.3) is 0 Å². The number of benzene rings is 2. The van der Waals surface area contributed by atoms with Gasteiger partial charge in [-0.3, -0.25) is 9.59 Å². The topological polar surface area (TPSA) is 73.2 Å². The first kappa shape index (κ1) is 14.6. The summed E-state index contributed by atoms with van der Waals surface area (Å²) >= 11 is 0. The molecule has 2 aromatic rings. The molecule has 1 N–H and O–H groups in total. The Labute approximate surface area is 145 Å². The average Bonchev–Trinajstić information content (AvgIpc) is 2.95. The number of hydrogen-bond donors (Lipinski definition) is 1. The molecule has 6 rings (SSSR count). The predicted octanol–water partition coefficient (Wildman–Crippen LogP) is 2.20. The van der Waals surface area contributed by atoms with Crippen LogP contribution in [0.2, 0.25) is 0 Å². The number of imide groups is 1. The third kappa shape index (κ3) is 1.86. The molecule has 1 saturated carbocycles. The van der Waals surface area contributed by atoms with Crippen molar-refractivity contribution in [3.63, 3.8) is 0 Å². The highest BCUT2D eigenvalue weighted by Gasteiger charge is 2.58. The van der Waals surface area contributed by atoms with Gasteiger partial charge in [0.2, 0.25) is 11.8 Å². The summed E-state index contributed by atoms with van der Waals surface area (Å²) < 4.78 is 0. The predicted molar refractivity (Wildman–Crippen MR) is 92.7 cm³/mol. The Morgan fingerprint density at radius 2 is 1.76 bits per heavy atom. The minimum Gasteiger partial charge on any atom is -0.313 e. The first-order valence-corrected chi connectivity index (χ1v) is 8.74. The van der Waals surface area contributed by atoms with Crippen molar-refractivity contribution in [2.45, 2.75) is 18.9 Å². The Morgan fingerprint density at radius 1 is 1.00 bits per heavy atom. The smallest absolute Gasteiger partial charge is 0.239 e. The van der Waals surface area contributed by atoms with Crippen molar-refractivity contribution >= 4 is 28.3 Å². The van der Waals surface area contributed by atoms with Crippen molar-refractivity contribution in [3.05, 3.63) is 42.0 Å². The zero-order chi connectivity index (χ0) is 17.1. The number of carbonyl (C=O) groups is 2. The van der Waals surface area contributed by atoms with Crippen LogP contribution in [0.3, 0.4) is 0 Å². The number of rotatable bonds is 1. The summed E-state index contributed by atoms with van der Waals surface area (Å²) in [6.07, 6.45) is 1.98. The van der Waals surface area contributed by atoms with Crippen LogP contribution >= 0.6 is 0 Å². The third-order valence-electron chi connectivity index (χ3n) is 6.09. The summed E-state index contributed by atoms with van der Waals surface area (Å²) in [6, 6.07) is 13.2. The van der Waals surface area contributed by atoms with E-state index in [4.69, 9.17) is 0 Å². The van der Waals surface area contributed by atoms with Gasteiger partial charge in [-0.1, -0.05) is 24.3 Å².